The fourth-order valence-corrected chi connectivity index (χ4v) is 3.00. The zero-order valence-electron chi connectivity index (χ0n) is 12.7. The van der Waals surface area contributed by atoms with Crippen LogP contribution in [0.25, 0.3) is 0 Å². The van der Waals surface area contributed by atoms with Gasteiger partial charge in [0.05, 0.1) is 0 Å². The van der Waals surface area contributed by atoms with Crippen molar-refractivity contribution in [2.24, 2.45) is 5.92 Å². The van der Waals surface area contributed by atoms with Gasteiger partial charge in [0.1, 0.15) is 0 Å². The Bertz CT molecular complexity index is 263. The van der Waals surface area contributed by atoms with Crippen molar-refractivity contribution in [3.63, 3.8) is 0 Å². The van der Waals surface area contributed by atoms with Crippen molar-refractivity contribution >= 4 is 5.91 Å². The van der Waals surface area contributed by atoms with E-state index in [4.69, 9.17) is 0 Å². The summed E-state index contributed by atoms with van der Waals surface area (Å²) in [5.74, 6) is 0.823. The van der Waals surface area contributed by atoms with Gasteiger partial charge in [0.2, 0.25) is 5.91 Å². The lowest BCUT2D eigenvalue weighted by Gasteiger charge is -2.33. The molecule has 0 aliphatic heterocycles. The Morgan fingerprint density at radius 3 is 2.47 bits per heavy atom. The minimum absolute atomic E-state index is 0.159. The summed E-state index contributed by atoms with van der Waals surface area (Å²) in [5.41, 5.74) is 0. The first-order chi connectivity index (χ1) is 9.04. The molecule has 1 saturated carbocycles. The van der Waals surface area contributed by atoms with Crippen LogP contribution in [0.15, 0.2) is 0 Å². The van der Waals surface area contributed by atoms with E-state index in [0.717, 1.165) is 6.42 Å². The maximum absolute atomic E-state index is 11.7. The van der Waals surface area contributed by atoms with Crippen molar-refractivity contribution in [2.45, 2.75) is 64.0 Å². The van der Waals surface area contributed by atoms with Gasteiger partial charge in [-0.1, -0.05) is 19.3 Å². The molecule has 0 aromatic heterocycles. The Morgan fingerprint density at radius 1 is 1.32 bits per heavy atom. The molecule has 0 spiro atoms. The summed E-state index contributed by atoms with van der Waals surface area (Å²) in [7, 11) is 3.59. The molecule has 0 saturated heterocycles. The quantitative estimate of drug-likeness (QED) is 0.741. The van der Waals surface area contributed by atoms with Gasteiger partial charge in [-0.15, -0.1) is 0 Å². The van der Waals surface area contributed by atoms with E-state index in [1.807, 2.05) is 0 Å². The number of rotatable bonds is 7. The molecule has 0 heterocycles. The van der Waals surface area contributed by atoms with E-state index in [1.54, 1.807) is 19.0 Å². The predicted octanol–water partition coefficient (Wildman–Crippen LogP) is 1.77. The third-order valence-corrected chi connectivity index (χ3v) is 4.14. The Kier molecular flexibility index (Phi) is 7.39. The number of hydrogen-bond donors (Lipinski definition) is 2. The summed E-state index contributed by atoms with van der Waals surface area (Å²) >= 11 is 0. The SMILES string of the molecule is CC(CC(=O)N(C)C)NC(CCO)C1CCCCC1. The summed E-state index contributed by atoms with van der Waals surface area (Å²) in [6.45, 7) is 2.29. The number of nitrogens with zero attached hydrogens (tertiary/aromatic N) is 1. The first-order valence-electron chi connectivity index (χ1n) is 7.61. The van der Waals surface area contributed by atoms with Crippen LogP contribution in [0, 0.1) is 5.92 Å². The maximum Gasteiger partial charge on any atom is 0.223 e. The average molecular weight is 270 g/mol. The lowest BCUT2D eigenvalue weighted by molar-refractivity contribution is -0.129. The highest BCUT2D eigenvalue weighted by molar-refractivity contribution is 5.76. The van der Waals surface area contributed by atoms with Crippen LogP contribution in [0.2, 0.25) is 0 Å². The number of hydrogen-bond acceptors (Lipinski definition) is 3. The number of aliphatic hydroxyl groups is 1. The normalized spacial score (nSPS) is 20.0. The van der Waals surface area contributed by atoms with E-state index in [2.05, 4.69) is 12.2 Å². The Labute approximate surface area is 117 Å². The number of nitrogens with one attached hydrogen (secondary N) is 1. The molecule has 0 radical (unpaired) electrons. The number of aliphatic hydroxyl groups excluding tert-OH is 1. The molecule has 1 fully saturated rings. The molecule has 112 valence electrons. The molecule has 1 aliphatic rings. The van der Waals surface area contributed by atoms with E-state index in [0.29, 0.717) is 18.4 Å². The van der Waals surface area contributed by atoms with Crippen LogP contribution in [0.5, 0.6) is 0 Å². The van der Waals surface area contributed by atoms with E-state index in [-0.39, 0.29) is 18.6 Å². The zero-order chi connectivity index (χ0) is 14.3. The van der Waals surface area contributed by atoms with Gasteiger partial charge in [-0.3, -0.25) is 4.79 Å². The second kappa shape index (κ2) is 8.54. The molecule has 0 aromatic rings. The largest absolute Gasteiger partial charge is 0.396 e. The van der Waals surface area contributed by atoms with Crippen LogP contribution in [-0.4, -0.2) is 48.7 Å². The van der Waals surface area contributed by atoms with Crippen LogP contribution in [0.4, 0.5) is 0 Å². The van der Waals surface area contributed by atoms with Gasteiger partial charge in [-0.25, -0.2) is 0 Å². The molecule has 1 amide bonds. The standard InChI is InChI=1S/C15H30N2O2/c1-12(11-15(19)17(2)3)16-14(9-10-18)13-7-5-4-6-8-13/h12-14,16,18H,4-11H2,1-3H3. The van der Waals surface area contributed by atoms with Crippen LogP contribution in [-0.2, 0) is 4.79 Å². The summed E-state index contributed by atoms with van der Waals surface area (Å²) < 4.78 is 0. The fraction of sp³-hybridized carbons (Fsp3) is 0.933. The van der Waals surface area contributed by atoms with Gasteiger partial charge >= 0.3 is 0 Å². The molecule has 4 nitrogen and oxygen atoms in total. The second-order valence-electron chi connectivity index (χ2n) is 6.08. The topological polar surface area (TPSA) is 52.6 Å². The molecule has 2 N–H and O–H groups in total. The molecule has 1 aliphatic carbocycles. The number of carbonyl (C=O) groups is 1. The third kappa shape index (κ3) is 5.91. The number of carbonyl (C=O) groups excluding carboxylic acids is 1. The minimum Gasteiger partial charge on any atom is -0.396 e. The molecule has 1 rings (SSSR count). The monoisotopic (exact) mass is 270 g/mol. The van der Waals surface area contributed by atoms with Gasteiger partial charge in [-0.2, -0.15) is 0 Å². The summed E-state index contributed by atoms with van der Waals surface area (Å²) in [6, 6.07) is 0.531. The Balaban J connectivity index is 2.45. The summed E-state index contributed by atoms with van der Waals surface area (Å²) in [6.07, 6.45) is 7.79. The van der Waals surface area contributed by atoms with Crippen molar-refractivity contribution in [3.8, 4) is 0 Å². The molecular formula is C15H30N2O2. The molecule has 2 unspecified atom stereocenters. The van der Waals surface area contributed by atoms with E-state index in [1.165, 1.54) is 32.1 Å². The maximum atomic E-state index is 11.7. The van der Waals surface area contributed by atoms with Crippen LogP contribution in [0.3, 0.4) is 0 Å². The molecule has 0 aromatic carbocycles. The highest BCUT2D eigenvalue weighted by Crippen LogP contribution is 2.28. The van der Waals surface area contributed by atoms with Crippen LogP contribution >= 0.6 is 0 Å². The fourth-order valence-electron chi connectivity index (χ4n) is 3.00. The van der Waals surface area contributed by atoms with Gasteiger partial charge in [0.15, 0.2) is 0 Å². The minimum atomic E-state index is 0.159. The highest BCUT2D eigenvalue weighted by Gasteiger charge is 2.25. The van der Waals surface area contributed by atoms with E-state index < -0.39 is 0 Å². The smallest absolute Gasteiger partial charge is 0.223 e. The van der Waals surface area contributed by atoms with Gasteiger partial charge in [0, 0.05) is 39.2 Å². The molecule has 0 bridgehead atoms. The van der Waals surface area contributed by atoms with Crippen molar-refractivity contribution in [3.05, 3.63) is 0 Å². The van der Waals surface area contributed by atoms with E-state index >= 15 is 0 Å². The van der Waals surface area contributed by atoms with Crippen molar-refractivity contribution in [2.75, 3.05) is 20.7 Å². The van der Waals surface area contributed by atoms with Gasteiger partial charge < -0.3 is 15.3 Å². The first-order valence-corrected chi connectivity index (χ1v) is 7.61. The lowest BCUT2D eigenvalue weighted by atomic mass is 9.82. The third-order valence-electron chi connectivity index (χ3n) is 4.14. The van der Waals surface area contributed by atoms with E-state index in [9.17, 15) is 9.90 Å². The number of amides is 1. The van der Waals surface area contributed by atoms with Crippen molar-refractivity contribution in [1.29, 1.82) is 0 Å². The zero-order valence-corrected chi connectivity index (χ0v) is 12.7. The van der Waals surface area contributed by atoms with Crippen molar-refractivity contribution in [1.82, 2.24) is 10.2 Å². The second-order valence-corrected chi connectivity index (χ2v) is 6.08. The molecule has 19 heavy (non-hydrogen) atoms. The van der Waals surface area contributed by atoms with Crippen molar-refractivity contribution < 1.29 is 9.90 Å². The molecular weight excluding hydrogens is 240 g/mol. The van der Waals surface area contributed by atoms with Gasteiger partial charge in [-0.05, 0) is 32.1 Å². The van der Waals surface area contributed by atoms with Crippen LogP contribution in [0.1, 0.15) is 51.9 Å². The lowest BCUT2D eigenvalue weighted by Crippen LogP contribution is -2.44. The Hall–Kier alpha value is -0.610. The molecule has 2 atom stereocenters. The summed E-state index contributed by atoms with van der Waals surface area (Å²) in [4.78, 5) is 13.3. The van der Waals surface area contributed by atoms with Crippen LogP contribution < -0.4 is 5.32 Å². The van der Waals surface area contributed by atoms with Gasteiger partial charge in [0.25, 0.3) is 0 Å². The molecule has 4 heteroatoms. The summed E-state index contributed by atoms with van der Waals surface area (Å²) in [5, 5.41) is 12.8. The average Bonchev–Trinajstić information content (AvgIpc) is 2.39. The predicted molar refractivity (Wildman–Crippen MR) is 78.0 cm³/mol. The Morgan fingerprint density at radius 2 is 1.95 bits per heavy atom. The highest BCUT2D eigenvalue weighted by atomic mass is 16.3. The first kappa shape index (κ1) is 16.4.